The molecular weight excluding hydrogens is 302 g/mol. The lowest BCUT2D eigenvalue weighted by molar-refractivity contribution is 0.554. The Balaban J connectivity index is 2.19. The van der Waals surface area contributed by atoms with Gasteiger partial charge in [-0.1, -0.05) is 47.1 Å². The largest absolute Gasteiger partial charge is 0.250 e. The van der Waals surface area contributed by atoms with Gasteiger partial charge in [-0.3, -0.25) is 4.68 Å². The fourth-order valence-electron chi connectivity index (χ4n) is 2.36. The van der Waals surface area contributed by atoms with Crippen LogP contribution in [0.25, 0.3) is 0 Å². The van der Waals surface area contributed by atoms with Gasteiger partial charge in [0, 0.05) is 24.2 Å². The summed E-state index contributed by atoms with van der Waals surface area (Å²) in [4.78, 5) is 4.41. The van der Waals surface area contributed by atoms with Crippen molar-refractivity contribution in [3.63, 3.8) is 0 Å². The molecule has 0 bridgehead atoms. The molecule has 1 aromatic heterocycles. The number of hydrogen-bond donors (Lipinski definition) is 0. The summed E-state index contributed by atoms with van der Waals surface area (Å²) in [6.07, 6.45) is 3.67. The molecule has 0 aliphatic carbocycles. The highest BCUT2D eigenvalue weighted by Crippen LogP contribution is 2.25. The number of halogens is 1. The van der Waals surface area contributed by atoms with E-state index in [1.807, 2.05) is 4.68 Å². The van der Waals surface area contributed by atoms with Crippen LogP contribution in [0.15, 0.2) is 30.6 Å². The van der Waals surface area contributed by atoms with Gasteiger partial charge in [0.15, 0.2) is 0 Å². The number of alkyl halides is 1. The topological polar surface area (TPSA) is 30.7 Å². The summed E-state index contributed by atoms with van der Waals surface area (Å²) in [5, 5.41) is 5.24. The first-order valence-corrected chi connectivity index (χ1v) is 7.86. The molecule has 1 unspecified atom stereocenters. The summed E-state index contributed by atoms with van der Waals surface area (Å²) in [5.41, 5.74) is 2.74. The summed E-state index contributed by atoms with van der Waals surface area (Å²) >= 11 is 3.64. The fraction of sp³-hybridized carbons (Fsp3) is 0.467. The predicted molar refractivity (Wildman–Crippen MR) is 81.7 cm³/mol. The molecule has 0 spiro atoms. The van der Waals surface area contributed by atoms with Crippen molar-refractivity contribution in [2.24, 2.45) is 0 Å². The summed E-state index contributed by atoms with van der Waals surface area (Å²) in [7, 11) is 0. The van der Waals surface area contributed by atoms with E-state index in [0.717, 1.165) is 30.5 Å². The Morgan fingerprint density at radius 1 is 1.32 bits per heavy atom. The highest BCUT2D eigenvalue weighted by atomic mass is 79.9. The van der Waals surface area contributed by atoms with E-state index in [-0.39, 0.29) is 0 Å². The molecular formula is C15H20BrN3. The van der Waals surface area contributed by atoms with Crippen molar-refractivity contribution < 1.29 is 0 Å². The third-order valence-corrected chi connectivity index (χ3v) is 4.16. The zero-order valence-electron chi connectivity index (χ0n) is 11.5. The van der Waals surface area contributed by atoms with Gasteiger partial charge in [0.05, 0.1) is 0 Å². The molecule has 2 aromatic rings. The molecule has 2 rings (SSSR count). The quantitative estimate of drug-likeness (QED) is 0.759. The lowest BCUT2D eigenvalue weighted by Gasteiger charge is -2.17. The van der Waals surface area contributed by atoms with Crippen molar-refractivity contribution in [2.75, 3.05) is 5.33 Å². The normalized spacial score (nSPS) is 12.6. The Labute approximate surface area is 123 Å². The molecule has 4 heteroatoms. The Hall–Kier alpha value is -1.16. The summed E-state index contributed by atoms with van der Waals surface area (Å²) < 4.78 is 2.02. The lowest BCUT2D eigenvalue weighted by atomic mass is 9.93. The number of rotatable bonds is 6. The van der Waals surface area contributed by atoms with E-state index in [9.17, 15) is 0 Å². The van der Waals surface area contributed by atoms with Gasteiger partial charge in [-0.15, -0.1) is 0 Å². The molecule has 0 fully saturated rings. The highest BCUT2D eigenvalue weighted by molar-refractivity contribution is 9.09. The molecule has 1 aromatic carbocycles. The smallest absolute Gasteiger partial charge is 0.138 e. The monoisotopic (exact) mass is 321 g/mol. The fourth-order valence-corrected chi connectivity index (χ4v) is 2.94. The van der Waals surface area contributed by atoms with Crippen molar-refractivity contribution in [1.29, 1.82) is 0 Å². The number of aryl methyl sites for hydroxylation is 2. The number of nitrogens with zero attached hydrogens (tertiary/aromatic N) is 3. The lowest BCUT2D eigenvalue weighted by Crippen LogP contribution is -2.12. The Kier molecular flexibility index (Phi) is 5.14. The third kappa shape index (κ3) is 3.44. The molecule has 0 aliphatic heterocycles. The first-order chi connectivity index (χ1) is 9.26. The first kappa shape index (κ1) is 14.3. The van der Waals surface area contributed by atoms with Crippen LogP contribution >= 0.6 is 15.9 Å². The van der Waals surface area contributed by atoms with Crippen LogP contribution in [0.5, 0.6) is 0 Å². The number of hydrogen-bond acceptors (Lipinski definition) is 2. The highest BCUT2D eigenvalue weighted by Gasteiger charge is 2.16. The molecule has 0 saturated carbocycles. The van der Waals surface area contributed by atoms with Crippen LogP contribution < -0.4 is 0 Å². The molecule has 102 valence electrons. The number of aromatic nitrogens is 3. The van der Waals surface area contributed by atoms with Crippen LogP contribution in [0, 0.1) is 6.92 Å². The van der Waals surface area contributed by atoms with Gasteiger partial charge in [-0.25, -0.2) is 4.98 Å². The van der Waals surface area contributed by atoms with E-state index < -0.39 is 0 Å². The van der Waals surface area contributed by atoms with Gasteiger partial charge >= 0.3 is 0 Å². The average Bonchev–Trinajstić information content (AvgIpc) is 2.85. The van der Waals surface area contributed by atoms with Crippen LogP contribution in [0.4, 0.5) is 0 Å². The van der Waals surface area contributed by atoms with Crippen molar-refractivity contribution in [3.05, 3.63) is 47.5 Å². The second kappa shape index (κ2) is 6.85. The predicted octanol–water partition coefficient (Wildman–Crippen LogP) is 3.72. The third-order valence-electron chi connectivity index (χ3n) is 3.37. The first-order valence-electron chi connectivity index (χ1n) is 6.74. The van der Waals surface area contributed by atoms with E-state index >= 15 is 0 Å². The van der Waals surface area contributed by atoms with Gasteiger partial charge in [-0.05, 0) is 24.5 Å². The van der Waals surface area contributed by atoms with Gasteiger partial charge in [-0.2, -0.15) is 5.10 Å². The van der Waals surface area contributed by atoms with Crippen LogP contribution in [-0.2, 0) is 13.0 Å². The maximum atomic E-state index is 4.41. The molecule has 0 aliphatic rings. The molecule has 0 N–H and O–H groups in total. The van der Waals surface area contributed by atoms with Crippen LogP contribution in [-0.4, -0.2) is 20.1 Å². The average molecular weight is 322 g/mol. The van der Waals surface area contributed by atoms with Crippen LogP contribution in [0.3, 0.4) is 0 Å². The molecule has 3 nitrogen and oxygen atoms in total. The maximum Gasteiger partial charge on any atom is 0.138 e. The van der Waals surface area contributed by atoms with E-state index in [0.29, 0.717) is 5.92 Å². The van der Waals surface area contributed by atoms with Crippen molar-refractivity contribution in [1.82, 2.24) is 14.8 Å². The number of benzene rings is 1. The minimum absolute atomic E-state index is 0.445. The van der Waals surface area contributed by atoms with Crippen molar-refractivity contribution in [3.8, 4) is 0 Å². The molecule has 1 heterocycles. The molecule has 19 heavy (non-hydrogen) atoms. The van der Waals surface area contributed by atoms with Gasteiger partial charge in [0.1, 0.15) is 12.2 Å². The Bertz CT molecular complexity index is 522. The molecule has 0 radical (unpaired) electrons. The van der Waals surface area contributed by atoms with Crippen molar-refractivity contribution >= 4 is 15.9 Å². The minimum atomic E-state index is 0.445. The zero-order chi connectivity index (χ0) is 13.7. The van der Waals surface area contributed by atoms with E-state index in [4.69, 9.17) is 0 Å². The molecule has 0 saturated heterocycles. The van der Waals surface area contributed by atoms with Gasteiger partial charge in [0.25, 0.3) is 0 Å². The van der Waals surface area contributed by atoms with E-state index in [1.54, 1.807) is 6.33 Å². The molecule has 0 amide bonds. The minimum Gasteiger partial charge on any atom is -0.250 e. The van der Waals surface area contributed by atoms with Gasteiger partial charge in [0.2, 0.25) is 0 Å². The van der Waals surface area contributed by atoms with E-state index in [2.05, 4.69) is 64.1 Å². The van der Waals surface area contributed by atoms with Crippen LogP contribution in [0.1, 0.15) is 36.2 Å². The summed E-state index contributed by atoms with van der Waals surface area (Å²) in [5.74, 6) is 1.52. The van der Waals surface area contributed by atoms with Gasteiger partial charge < -0.3 is 0 Å². The van der Waals surface area contributed by atoms with Crippen LogP contribution in [0.2, 0.25) is 0 Å². The Morgan fingerprint density at radius 2 is 2.11 bits per heavy atom. The van der Waals surface area contributed by atoms with Crippen molar-refractivity contribution in [2.45, 2.75) is 39.2 Å². The zero-order valence-corrected chi connectivity index (χ0v) is 13.1. The summed E-state index contributed by atoms with van der Waals surface area (Å²) in [6.45, 7) is 5.27. The second-order valence-electron chi connectivity index (χ2n) is 4.81. The molecule has 1 atom stereocenters. The second-order valence-corrected chi connectivity index (χ2v) is 5.46. The maximum absolute atomic E-state index is 4.41. The summed E-state index contributed by atoms with van der Waals surface area (Å²) in [6, 6.07) is 8.57. The van der Waals surface area contributed by atoms with E-state index in [1.165, 1.54) is 11.1 Å². The Morgan fingerprint density at radius 3 is 2.79 bits per heavy atom. The SMILES string of the molecule is CCCn1ncnc1CC(CBr)c1ccccc1C. The standard InChI is InChI=1S/C15H20BrN3/c1-3-8-19-15(17-11-18-19)9-13(10-16)14-7-5-4-6-12(14)2/h4-7,11,13H,3,8-10H2,1-2H3.